The maximum atomic E-state index is 13.2. The highest BCUT2D eigenvalue weighted by Crippen LogP contribution is 2.69. The van der Waals surface area contributed by atoms with E-state index >= 15 is 0 Å². The summed E-state index contributed by atoms with van der Waals surface area (Å²) in [4.78, 5) is 25.9. The molecule has 0 unspecified atom stereocenters. The fourth-order valence-corrected chi connectivity index (χ4v) is 11.8. The second-order valence-electron chi connectivity index (χ2n) is 18.1. The number of aliphatic hydroxyl groups is 5. The van der Waals surface area contributed by atoms with Crippen LogP contribution in [-0.4, -0.2) is 132 Å². The number of hydrogen-bond acceptors (Lipinski definition) is 15. The van der Waals surface area contributed by atoms with Crippen LogP contribution >= 0.6 is 0 Å². The lowest BCUT2D eigenvalue weighted by Crippen LogP contribution is -2.63. The molecule has 1 aromatic carbocycles. The Bertz CT molecular complexity index is 1680. The molecule has 58 heavy (non-hydrogen) atoms. The number of carbonyl (C=O) groups is 2. The van der Waals surface area contributed by atoms with Crippen LogP contribution in [0, 0.1) is 34.5 Å². The maximum Gasteiger partial charge on any atom is 0.338 e. The standard InChI is InChI=1S/C43H62O15/c1-21(2)43(50)33(18-28-26-17-32(52-7)29-16-24(45)12-14-41(29,4)27(26)13-15-42(28,43)5)56-40-37(55-22(3)44)35(31(47)20-54-40)58-39-36(34(48)30(46)19-53-39)57-38(49)23-8-10-25(51-6)11-9-23/h8-11,21,24,26-28,30-31,33-37,39-40,45-48,50H,12-20H2,1-7H3/t24-,26+,27-,28-,30+,31-,33-,34-,35-,36+,37+,39-,40-,41+,42-,43+/m0/s1. The van der Waals surface area contributed by atoms with Crippen molar-refractivity contribution in [2.24, 2.45) is 34.5 Å². The molecule has 4 aliphatic carbocycles. The first-order valence-electron chi connectivity index (χ1n) is 20.7. The molecule has 2 saturated heterocycles. The number of ether oxygens (including phenoxy) is 8. The van der Waals surface area contributed by atoms with E-state index in [4.69, 9.17) is 37.9 Å². The van der Waals surface area contributed by atoms with E-state index in [1.54, 1.807) is 19.2 Å². The molecule has 0 spiro atoms. The first kappa shape index (κ1) is 43.2. The highest BCUT2D eigenvalue weighted by molar-refractivity contribution is 5.89. The van der Waals surface area contributed by atoms with Gasteiger partial charge in [-0.3, -0.25) is 4.79 Å². The second kappa shape index (κ2) is 16.5. The fraction of sp³-hybridized carbons (Fsp3) is 0.767. The van der Waals surface area contributed by atoms with Gasteiger partial charge in [0.25, 0.3) is 0 Å². The first-order valence-corrected chi connectivity index (χ1v) is 20.7. The molecule has 0 radical (unpaired) electrons. The third-order valence-electron chi connectivity index (χ3n) is 14.8. The molecule has 5 N–H and O–H groups in total. The van der Waals surface area contributed by atoms with E-state index in [0.717, 1.165) is 31.4 Å². The Morgan fingerprint density at radius 3 is 2.12 bits per heavy atom. The van der Waals surface area contributed by atoms with E-state index in [0.29, 0.717) is 30.9 Å². The quantitative estimate of drug-likeness (QED) is 0.215. The Labute approximate surface area is 339 Å². The molecule has 7 rings (SSSR count). The zero-order valence-corrected chi connectivity index (χ0v) is 34.6. The number of carbonyl (C=O) groups excluding carboxylic acids is 2. The molecule has 2 heterocycles. The molecule has 6 aliphatic rings. The summed E-state index contributed by atoms with van der Waals surface area (Å²) >= 11 is 0. The van der Waals surface area contributed by atoms with Gasteiger partial charge in [-0.25, -0.2) is 4.79 Å². The molecule has 324 valence electrons. The Balaban J connectivity index is 1.15. The summed E-state index contributed by atoms with van der Waals surface area (Å²) in [6, 6.07) is 6.08. The zero-order chi connectivity index (χ0) is 41.9. The first-order chi connectivity index (χ1) is 27.5. The summed E-state index contributed by atoms with van der Waals surface area (Å²) < 4.78 is 47.5. The lowest BCUT2D eigenvalue weighted by molar-refractivity contribution is -0.345. The molecule has 5 fully saturated rings. The summed E-state index contributed by atoms with van der Waals surface area (Å²) in [6.45, 7) is 8.94. The molecule has 0 bridgehead atoms. The van der Waals surface area contributed by atoms with Crippen LogP contribution in [0.4, 0.5) is 0 Å². The van der Waals surface area contributed by atoms with Crippen molar-refractivity contribution < 1.29 is 73.0 Å². The van der Waals surface area contributed by atoms with Crippen LogP contribution in [0.3, 0.4) is 0 Å². The lowest BCUT2D eigenvalue weighted by atomic mass is 9.46. The Morgan fingerprint density at radius 2 is 1.48 bits per heavy atom. The Kier molecular flexibility index (Phi) is 12.3. The molecule has 1 aromatic rings. The van der Waals surface area contributed by atoms with E-state index in [2.05, 4.69) is 13.8 Å². The summed E-state index contributed by atoms with van der Waals surface area (Å²) in [7, 11) is 3.19. The van der Waals surface area contributed by atoms with Gasteiger partial charge in [0.05, 0.1) is 56.6 Å². The van der Waals surface area contributed by atoms with Crippen molar-refractivity contribution in [1.82, 2.24) is 0 Å². The molecular weight excluding hydrogens is 756 g/mol. The number of hydrogen-bond donors (Lipinski definition) is 5. The Hall–Kier alpha value is -2.86. The SMILES string of the molecule is COC1=C2C[C@@H](O)CC[C@]2(C)[C@H]2CC[C@@]3(C)[C@@H](C[C@H](O[C@@H]4OC[C@H](O)[C@H](O[C@@H]5OC[C@@H](O)[C@H](O)[C@H]5OC(=O)c5ccc(OC)cc5)[C@H]4OC(C)=O)[C@]3(O)C(C)C)[C@@H]2C1. The van der Waals surface area contributed by atoms with Gasteiger partial charge in [0.1, 0.15) is 30.2 Å². The van der Waals surface area contributed by atoms with E-state index in [1.807, 2.05) is 13.8 Å². The fourth-order valence-electron chi connectivity index (χ4n) is 11.8. The molecule has 16 atom stereocenters. The van der Waals surface area contributed by atoms with Crippen LogP contribution < -0.4 is 4.74 Å². The predicted octanol–water partition coefficient (Wildman–Crippen LogP) is 3.01. The van der Waals surface area contributed by atoms with Crippen LogP contribution in [-0.2, 0) is 38.0 Å². The molecule has 2 aliphatic heterocycles. The minimum Gasteiger partial charge on any atom is -0.501 e. The zero-order valence-electron chi connectivity index (χ0n) is 34.6. The number of methoxy groups -OCH3 is 2. The molecule has 0 aromatic heterocycles. The number of allylic oxidation sites excluding steroid dienone is 1. The highest BCUT2D eigenvalue weighted by Gasteiger charge is 2.70. The number of rotatable bonds is 10. The monoisotopic (exact) mass is 818 g/mol. The largest absolute Gasteiger partial charge is 0.501 e. The van der Waals surface area contributed by atoms with E-state index < -0.39 is 78.3 Å². The van der Waals surface area contributed by atoms with Crippen molar-refractivity contribution in [1.29, 1.82) is 0 Å². The number of aliphatic hydroxyl groups excluding tert-OH is 4. The van der Waals surface area contributed by atoms with Crippen LogP contribution in [0.25, 0.3) is 0 Å². The van der Waals surface area contributed by atoms with Crippen LogP contribution in [0.1, 0.15) is 89.9 Å². The summed E-state index contributed by atoms with van der Waals surface area (Å²) in [5.74, 6) is 0.157. The van der Waals surface area contributed by atoms with Crippen LogP contribution in [0.5, 0.6) is 5.75 Å². The molecule has 3 saturated carbocycles. The second-order valence-corrected chi connectivity index (χ2v) is 18.1. The number of benzene rings is 1. The highest BCUT2D eigenvalue weighted by atomic mass is 16.8. The smallest absolute Gasteiger partial charge is 0.338 e. The predicted molar refractivity (Wildman–Crippen MR) is 204 cm³/mol. The minimum atomic E-state index is -1.63. The van der Waals surface area contributed by atoms with Gasteiger partial charge in [-0.15, -0.1) is 0 Å². The third kappa shape index (κ3) is 7.36. The van der Waals surface area contributed by atoms with Crippen LogP contribution in [0.2, 0.25) is 0 Å². The topological polar surface area (TPSA) is 209 Å². The molecule has 0 amide bonds. The normalized spacial score (nSPS) is 43.8. The van der Waals surface area contributed by atoms with E-state index in [-0.39, 0.29) is 48.0 Å². The molecule has 15 nitrogen and oxygen atoms in total. The number of fused-ring (bicyclic) bond motifs is 5. The average molecular weight is 819 g/mol. The van der Waals surface area contributed by atoms with Gasteiger partial charge in [-0.1, -0.05) is 27.7 Å². The van der Waals surface area contributed by atoms with Gasteiger partial charge in [-0.05, 0) is 97.5 Å². The van der Waals surface area contributed by atoms with E-state index in [9.17, 15) is 35.1 Å². The number of esters is 2. The minimum absolute atomic E-state index is 0.0251. The van der Waals surface area contributed by atoms with Gasteiger partial charge in [0, 0.05) is 18.8 Å². The van der Waals surface area contributed by atoms with Crippen molar-refractivity contribution >= 4 is 11.9 Å². The Morgan fingerprint density at radius 1 is 0.810 bits per heavy atom. The van der Waals surface area contributed by atoms with Crippen molar-refractivity contribution in [3.8, 4) is 5.75 Å². The summed E-state index contributed by atoms with van der Waals surface area (Å²) in [5, 5.41) is 56.5. The average Bonchev–Trinajstić information content (AvgIpc) is 3.43. The van der Waals surface area contributed by atoms with Crippen molar-refractivity contribution in [3.05, 3.63) is 41.2 Å². The third-order valence-corrected chi connectivity index (χ3v) is 14.8. The van der Waals surface area contributed by atoms with Crippen molar-refractivity contribution in [2.45, 2.75) is 147 Å². The van der Waals surface area contributed by atoms with Gasteiger partial charge < -0.3 is 63.4 Å². The summed E-state index contributed by atoms with van der Waals surface area (Å²) in [6.07, 6.45) is -7.72. The maximum absolute atomic E-state index is 13.2. The van der Waals surface area contributed by atoms with Crippen LogP contribution in [0.15, 0.2) is 35.6 Å². The van der Waals surface area contributed by atoms with Gasteiger partial charge >= 0.3 is 11.9 Å². The molecule has 15 heteroatoms. The lowest BCUT2D eigenvalue weighted by Gasteiger charge is -2.60. The van der Waals surface area contributed by atoms with Crippen molar-refractivity contribution in [3.63, 3.8) is 0 Å². The summed E-state index contributed by atoms with van der Waals surface area (Å²) in [5.41, 5.74) is -0.692. The van der Waals surface area contributed by atoms with Gasteiger partial charge in [0.15, 0.2) is 24.8 Å². The molecular formula is C43H62O15. The van der Waals surface area contributed by atoms with E-state index in [1.165, 1.54) is 31.7 Å². The van der Waals surface area contributed by atoms with Crippen molar-refractivity contribution in [2.75, 3.05) is 27.4 Å². The van der Waals surface area contributed by atoms with Gasteiger partial charge in [0.2, 0.25) is 0 Å². The van der Waals surface area contributed by atoms with Gasteiger partial charge in [-0.2, -0.15) is 0 Å².